The van der Waals surface area contributed by atoms with Crippen LogP contribution < -0.4 is 10.6 Å². The van der Waals surface area contributed by atoms with Crippen molar-refractivity contribution in [2.75, 3.05) is 17.7 Å². The average Bonchev–Trinajstić information content (AvgIpc) is 2.63. The summed E-state index contributed by atoms with van der Waals surface area (Å²) in [5, 5.41) is 4.10. The Balaban J connectivity index is 2.17. The Bertz CT molecular complexity index is 521. The molecule has 0 radical (unpaired) electrons. The van der Waals surface area contributed by atoms with E-state index in [-0.39, 0.29) is 5.82 Å². The number of anilines is 2. The molecule has 0 fully saturated rings. The number of halogens is 1. The molecular formula is C12H15FN4. The van der Waals surface area contributed by atoms with Crippen LogP contribution in [0.15, 0.2) is 30.6 Å². The summed E-state index contributed by atoms with van der Waals surface area (Å²) in [5.74, 6) is -0.318. The maximum atomic E-state index is 12.9. The van der Waals surface area contributed by atoms with Crippen molar-refractivity contribution in [3.63, 3.8) is 0 Å². The second-order valence-corrected chi connectivity index (χ2v) is 4.08. The van der Waals surface area contributed by atoms with E-state index < -0.39 is 0 Å². The van der Waals surface area contributed by atoms with Crippen molar-refractivity contribution >= 4 is 11.4 Å². The third kappa shape index (κ3) is 2.55. The fourth-order valence-electron chi connectivity index (χ4n) is 1.79. The van der Waals surface area contributed by atoms with Crippen LogP contribution in [0.3, 0.4) is 0 Å². The Morgan fingerprint density at radius 3 is 2.82 bits per heavy atom. The largest absolute Gasteiger partial charge is 0.397 e. The molecule has 0 aliphatic carbocycles. The van der Waals surface area contributed by atoms with Crippen molar-refractivity contribution in [1.82, 2.24) is 9.78 Å². The fraction of sp³-hybridized carbons (Fsp3) is 0.250. The summed E-state index contributed by atoms with van der Waals surface area (Å²) in [6.45, 7) is 0.684. The summed E-state index contributed by atoms with van der Waals surface area (Å²) in [6, 6.07) is 4.42. The number of hydrogen-bond donors (Lipinski definition) is 1. The van der Waals surface area contributed by atoms with E-state index >= 15 is 0 Å². The van der Waals surface area contributed by atoms with Gasteiger partial charge in [-0.05, 0) is 18.2 Å². The van der Waals surface area contributed by atoms with Crippen LogP contribution in [0, 0.1) is 5.82 Å². The van der Waals surface area contributed by atoms with Gasteiger partial charge >= 0.3 is 0 Å². The second kappa shape index (κ2) is 4.45. The van der Waals surface area contributed by atoms with Gasteiger partial charge in [-0.3, -0.25) is 4.68 Å². The lowest BCUT2D eigenvalue weighted by atomic mass is 10.2. The summed E-state index contributed by atoms with van der Waals surface area (Å²) < 4.78 is 14.7. The Morgan fingerprint density at radius 2 is 2.24 bits per heavy atom. The van der Waals surface area contributed by atoms with Crippen LogP contribution in [0.25, 0.3) is 0 Å². The number of nitrogens with two attached hydrogens (primary N) is 1. The molecule has 4 nitrogen and oxygen atoms in total. The molecule has 90 valence electrons. The maximum absolute atomic E-state index is 12.9. The van der Waals surface area contributed by atoms with Crippen molar-refractivity contribution < 1.29 is 4.39 Å². The summed E-state index contributed by atoms with van der Waals surface area (Å²) >= 11 is 0. The third-order valence-electron chi connectivity index (χ3n) is 2.58. The molecule has 0 aliphatic heterocycles. The molecule has 0 aliphatic rings. The average molecular weight is 234 g/mol. The molecule has 2 rings (SSSR count). The smallest absolute Gasteiger partial charge is 0.125 e. The molecule has 17 heavy (non-hydrogen) atoms. The molecule has 0 saturated carbocycles. The lowest BCUT2D eigenvalue weighted by Gasteiger charge is -2.20. The normalized spacial score (nSPS) is 10.5. The molecular weight excluding hydrogens is 219 g/mol. The zero-order valence-electron chi connectivity index (χ0n) is 9.89. The van der Waals surface area contributed by atoms with E-state index in [0.29, 0.717) is 12.2 Å². The predicted octanol–water partition coefficient (Wildman–Crippen LogP) is 1.78. The lowest BCUT2D eigenvalue weighted by Crippen LogP contribution is -2.17. The SMILES string of the molecule is CN(Cc1cnn(C)c1)c1ccc(F)cc1N. The summed E-state index contributed by atoms with van der Waals surface area (Å²) in [4.78, 5) is 1.96. The molecule has 0 atom stereocenters. The second-order valence-electron chi connectivity index (χ2n) is 4.08. The van der Waals surface area contributed by atoms with Gasteiger partial charge in [0.2, 0.25) is 0 Å². The van der Waals surface area contributed by atoms with Gasteiger partial charge in [0, 0.05) is 32.4 Å². The fourth-order valence-corrected chi connectivity index (χ4v) is 1.79. The first-order valence-corrected chi connectivity index (χ1v) is 5.30. The van der Waals surface area contributed by atoms with Gasteiger partial charge in [-0.2, -0.15) is 5.10 Å². The van der Waals surface area contributed by atoms with Crippen LogP contribution in [-0.2, 0) is 13.6 Å². The summed E-state index contributed by atoms with van der Waals surface area (Å²) in [5.41, 5.74) is 8.12. The molecule has 5 heteroatoms. The van der Waals surface area contributed by atoms with E-state index in [0.717, 1.165) is 11.3 Å². The highest BCUT2D eigenvalue weighted by atomic mass is 19.1. The van der Waals surface area contributed by atoms with E-state index in [9.17, 15) is 4.39 Å². The summed E-state index contributed by atoms with van der Waals surface area (Å²) in [6.07, 6.45) is 3.74. The minimum atomic E-state index is -0.318. The summed E-state index contributed by atoms with van der Waals surface area (Å²) in [7, 11) is 3.78. The standard InChI is InChI=1S/C12H15FN4/c1-16(7-9-6-15-17(2)8-9)12-4-3-10(13)5-11(12)14/h3-6,8H,7,14H2,1-2H3. The van der Waals surface area contributed by atoms with Crippen molar-refractivity contribution in [2.45, 2.75) is 6.54 Å². The molecule has 1 aromatic carbocycles. The monoisotopic (exact) mass is 234 g/mol. The number of aromatic nitrogens is 2. The van der Waals surface area contributed by atoms with Crippen LogP contribution >= 0.6 is 0 Å². The minimum Gasteiger partial charge on any atom is -0.397 e. The van der Waals surface area contributed by atoms with E-state index in [4.69, 9.17) is 5.73 Å². The zero-order chi connectivity index (χ0) is 12.4. The maximum Gasteiger partial charge on any atom is 0.125 e. The van der Waals surface area contributed by atoms with Gasteiger partial charge in [-0.15, -0.1) is 0 Å². The molecule has 1 aromatic heterocycles. The number of rotatable bonds is 3. The van der Waals surface area contributed by atoms with Crippen LogP contribution in [-0.4, -0.2) is 16.8 Å². The Morgan fingerprint density at radius 1 is 1.47 bits per heavy atom. The van der Waals surface area contributed by atoms with Gasteiger partial charge in [-0.25, -0.2) is 4.39 Å². The highest BCUT2D eigenvalue weighted by molar-refractivity contribution is 5.67. The van der Waals surface area contributed by atoms with E-state index in [1.807, 2.05) is 25.2 Å². The molecule has 0 spiro atoms. The third-order valence-corrected chi connectivity index (χ3v) is 2.58. The molecule has 0 unspecified atom stereocenters. The highest BCUT2D eigenvalue weighted by Gasteiger charge is 2.07. The van der Waals surface area contributed by atoms with Crippen LogP contribution in [0.1, 0.15) is 5.56 Å². The van der Waals surface area contributed by atoms with Gasteiger partial charge in [0.05, 0.1) is 17.6 Å². The number of nitrogens with zero attached hydrogens (tertiary/aromatic N) is 3. The van der Waals surface area contributed by atoms with Gasteiger partial charge in [-0.1, -0.05) is 0 Å². The first-order valence-electron chi connectivity index (χ1n) is 5.30. The number of aryl methyl sites for hydroxylation is 1. The van der Waals surface area contributed by atoms with Gasteiger partial charge < -0.3 is 10.6 Å². The van der Waals surface area contributed by atoms with Crippen LogP contribution in [0.4, 0.5) is 15.8 Å². The zero-order valence-corrected chi connectivity index (χ0v) is 9.89. The van der Waals surface area contributed by atoms with E-state index in [1.165, 1.54) is 12.1 Å². The molecule has 2 N–H and O–H groups in total. The van der Waals surface area contributed by atoms with Crippen molar-refractivity contribution in [3.05, 3.63) is 42.0 Å². The quantitative estimate of drug-likeness (QED) is 0.823. The Kier molecular flexibility index (Phi) is 2.99. The highest BCUT2D eigenvalue weighted by Crippen LogP contribution is 2.23. The van der Waals surface area contributed by atoms with Crippen LogP contribution in [0.5, 0.6) is 0 Å². The molecule has 1 heterocycles. The van der Waals surface area contributed by atoms with Crippen molar-refractivity contribution in [1.29, 1.82) is 0 Å². The Labute approximate surface area is 99.5 Å². The van der Waals surface area contributed by atoms with E-state index in [2.05, 4.69) is 5.10 Å². The first-order chi connectivity index (χ1) is 8.06. The lowest BCUT2D eigenvalue weighted by molar-refractivity contribution is 0.628. The number of hydrogen-bond acceptors (Lipinski definition) is 3. The minimum absolute atomic E-state index is 0.318. The molecule has 0 saturated heterocycles. The Hall–Kier alpha value is -2.04. The topological polar surface area (TPSA) is 47.1 Å². The van der Waals surface area contributed by atoms with Crippen molar-refractivity contribution in [3.8, 4) is 0 Å². The number of nitrogen functional groups attached to an aromatic ring is 1. The predicted molar refractivity (Wildman–Crippen MR) is 66.1 cm³/mol. The number of benzene rings is 1. The molecule has 0 bridgehead atoms. The van der Waals surface area contributed by atoms with Crippen LogP contribution in [0.2, 0.25) is 0 Å². The van der Waals surface area contributed by atoms with Gasteiger partial charge in [0.25, 0.3) is 0 Å². The first kappa shape index (κ1) is 11.4. The molecule has 0 amide bonds. The van der Waals surface area contributed by atoms with Gasteiger partial charge in [0.1, 0.15) is 5.82 Å². The van der Waals surface area contributed by atoms with E-state index in [1.54, 1.807) is 16.9 Å². The van der Waals surface area contributed by atoms with Gasteiger partial charge in [0.15, 0.2) is 0 Å². The molecule has 2 aromatic rings. The van der Waals surface area contributed by atoms with Crippen molar-refractivity contribution in [2.24, 2.45) is 7.05 Å².